The van der Waals surface area contributed by atoms with E-state index in [0.29, 0.717) is 18.4 Å². The van der Waals surface area contributed by atoms with Gasteiger partial charge < -0.3 is 13.9 Å². The monoisotopic (exact) mass is 362 g/mol. The van der Waals surface area contributed by atoms with Crippen LogP contribution in [0.1, 0.15) is 59.4 Å². The predicted octanol–water partition coefficient (Wildman–Crippen LogP) is 3.52. The molecule has 0 amide bonds. The molecule has 2 heterocycles. The van der Waals surface area contributed by atoms with Gasteiger partial charge in [0.25, 0.3) is 0 Å². The number of hydrogen-bond donors (Lipinski definition) is 0. The highest BCUT2D eigenvalue weighted by Gasteiger charge is 2.29. The van der Waals surface area contributed by atoms with Gasteiger partial charge in [0.1, 0.15) is 5.82 Å². The number of ketones is 1. The fraction of sp³-hybridized carbons (Fsp3) is 0.611. The fourth-order valence-corrected chi connectivity index (χ4v) is 4.40. The fourth-order valence-electron chi connectivity index (χ4n) is 3.46. The molecule has 1 aliphatic rings. The van der Waals surface area contributed by atoms with Crippen LogP contribution in [-0.2, 0) is 4.74 Å². The van der Waals surface area contributed by atoms with Gasteiger partial charge in [-0.2, -0.15) is 0 Å². The Bertz CT molecular complexity index is 776. The minimum Gasteiger partial charge on any atom is -0.383 e. The van der Waals surface area contributed by atoms with Gasteiger partial charge in [0.05, 0.1) is 18.4 Å². The lowest BCUT2D eigenvalue weighted by molar-refractivity contribution is 0.102. The molecule has 1 fully saturated rings. The number of carbonyl (C=O) groups is 1. The molecule has 0 N–H and O–H groups in total. The molecule has 0 unspecified atom stereocenters. The first kappa shape index (κ1) is 18.2. The highest BCUT2D eigenvalue weighted by atomic mass is 32.2. The number of rotatable bonds is 8. The van der Waals surface area contributed by atoms with Crippen LogP contribution in [0.25, 0.3) is 0 Å². The number of hydrogen-bond acceptors (Lipinski definition) is 5. The molecular formula is C18H26N4O2S. The van der Waals surface area contributed by atoms with Crippen LogP contribution in [0, 0.1) is 20.8 Å². The summed E-state index contributed by atoms with van der Waals surface area (Å²) in [5.74, 6) is 1.45. The largest absolute Gasteiger partial charge is 0.383 e. The SMILES string of the molecule is COC[C@H](C)n1c(C)cc(C(=O)CSc2nnc(C)n2C2CC2)c1C. The number of carbonyl (C=O) groups excluding carboxylic acids is 1. The van der Waals surface area contributed by atoms with Gasteiger partial charge in [-0.1, -0.05) is 11.8 Å². The van der Waals surface area contributed by atoms with Gasteiger partial charge in [-0.15, -0.1) is 10.2 Å². The predicted molar refractivity (Wildman–Crippen MR) is 98.6 cm³/mol. The molecule has 2 aromatic heterocycles. The zero-order chi connectivity index (χ0) is 18.1. The summed E-state index contributed by atoms with van der Waals surface area (Å²) >= 11 is 1.49. The molecule has 25 heavy (non-hydrogen) atoms. The second-order valence-electron chi connectivity index (χ2n) is 6.80. The lowest BCUT2D eigenvalue weighted by Gasteiger charge is -2.17. The lowest BCUT2D eigenvalue weighted by Crippen LogP contribution is -2.14. The maximum absolute atomic E-state index is 12.8. The van der Waals surface area contributed by atoms with Crippen LogP contribution in [0.15, 0.2) is 11.2 Å². The van der Waals surface area contributed by atoms with Crippen LogP contribution in [0.3, 0.4) is 0 Å². The number of aryl methyl sites for hydroxylation is 2. The van der Waals surface area contributed by atoms with Gasteiger partial charge in [0.2, 0.25) is 0 Å². The normalized spacial score (nSPS) is 15.6. The Hall–Kier alpha value is -1.60. The topological polar surface area (TPSA) is 61.9 Å². The molecule has 3 rings (SSSR count). The summed E-state index contributed by atoms with van der Waals surface area (Å²) in [6.45, 7) is 8.75. The van der Waals surface area contributed by atoms with Crippen LogP contribution in [-0.4, -0.2) is 44.6 Å². The second-order valence-corrected chi connectivity index (χ2v) is 7.74. The van der Waals surface area contributed by atoms with Crippen molar-refractivity contribution < 1.29 is 9.53 Å². The molecule has 6 nitrogen and oxygen atoms in total. The van der Waals surface area contributed by atoms with Crippen molar-refractivity contribution in [3.05, 3.63) is 28.8 Å². The zero-order valence-corrected chi connectivity index (χ0v) is 16.4. The van der Waals surface area contributed by atoms with Crippen LogP contribution in [0.2, 0.25) is 0 Å². The number of methoxy groups -OCH3 is 1. The maximum Gasteiger partial charge on any atom is 0.191 e. The van der Waals surface area contributed by atoms with Crippen LogP contribution in [0.5, 0.6) is 0 Å². The number of nitrogens with zero attached hydrogens (tertiary/aromatic N) is 4. The van der Waals surface area contributed by atoms with E-state index in [0.717, 1.165) is 27.9 Å². The molecule has 7 heteroatoms. The summed E-state index contributed by atoms with van der Waals surface area (Å²) in [7, 11) is 1.70. The Morgan fingerprint density at radius 2 is 2.08 bits per heavy atom. The Morgan fingerprint density at radius 1 is 1.36 bits per heavy atom. The summed E-state index contributed by atoms with van der Waals surface area (Å²) < 4.78 is 9.61. The quantitative estimate of drug-likeness (QED) is 0.531. The summed E-state index contributed by atoms with van der Waals surface area (Å²) in [5.41, 5.74) is 2.89. The number of ether oxygens (including phenoxy) is 1. The zero-order valence-electron chi connectivity index (χ0n) is 15.6. The average molecular weight is 362 g/mol. The third-order valence-corrected chi connectivity index (χ3v) is 5.66. The van der Waals surface area contributed by atoms with Crippen LogP contribution < -0.4 is 0 Å². The molecule has 1 saturated carbocycles. The van der Waals surface area contributed by atoms with E-state index in [9.17, 15) is 4.79 Å². The molecule has 0 aromatic carbocycles. The minimum atomic E-state index is 0.136. The third-order valence-electron chi connectivity index (χ3n) is 4.71. The Kier molecular flexibility index (Phi) is 5.34. The van der Waals surface area contributed by atoms with Crippen molar-refractivity contribution in [3.8, 4) is 0 Å². The molecule has 2 aromatic rings. The van der Waals surface area contributed by atoms with E-state index in [1.54, 1.807) is 7.11 Å². The van der Waals surface area contributed by atoms with Crippen molar-refractivity contribution in [2.45, 2.75) is 57.8 Å². The van der Waals surface area contributed by atoms with E-state index >= 15 is 0 Å². The van der Waals surface area contributed by atoms with Crippen molar-refractivity contribution in [1.29, 1.82) is 0 Å². The molecular weight excluding hydrogens is 336 g/mol. The van der Waals surface area contributed by atoms with E-state index < -0.39 is 0 Å². The maximum atomic E-state index is 12.8. The standard InChI is InChI=1S/C18H26N4O2S/c1-11-8-16(13(3)21(11)12(2)9-24-5)17(23)10-25-18-20-19-14(4)22(18)15-6-7-15/h8,12,15H,6-7,9-10H2,1-5H3/t12-/m0/s1. The molecule has 0 spiro atoms. The van der Waals surface area contributed by atoms with E-state index in [2.05, 4.69) is 26.3 Å². The molecule has 1 aliphatic carbocycles. The van der Waals surface area contributed by atoms with E-state index in [-0.39, 0.29) is 11.8 Å². The first-order valence-electron chi connectivity index (χ1n) is 8.68. The summed E-state index contributed by atoms with van der Waals surface area (Å²) in [6.07, 6.45) is 2.36. The first-order valence-corrected chi connectivity index (χ1v) is 9.67. The van der Waals surface area contributed by atoms with Gasteiger partial charge in [0, 0.05) is 30.1 Å². The number of thioether (sulfide) groups is 1. The molecule has 0 bridgehead atoms. The summed E-state index contributed by atoms with van der Waals surface area (Å²) in [5, 5.41) is 9.27. The highest BCUT2D eigenvalue weighted by molar-refractivity contribution is 7.99. The Labute approximate surface area is 153 Å². The summed E-state index contributed by atoms with van der Waals surface area (Å²) in [4.78, 5) is 12.8. The van der Waals surface area contributed by atoms with Crippen molar-refractivity contribution in [2.75, 3.05) is 19.5 Å². The van der Waals surface area contributed by atoms with Crippen molar-refractivity contribution in [1.82, 2.24) is 19.3 Å². The van der Waals surface area contributed by atoms with Crippen molar-refractivity contribution >= 4 is 17.5 Å². The van der Waals surface area contributed by atoms with Crippen LogP contribution in [0.4, 0.5) is 0 Å². The lowest BCUT2D eigenvalue weighted by atomic mass is 10.2. The van der Waals surface area contributed by atoms with Crippen LogP contribution >= 0.6 is 11.8 Å². The van der Waals surface area contributed by atoms with E-state index in [4.69, 9.17) is 4.74 Å². The second kappa shape index (κ2) is 7.33. The highest BCUT2D eigenvalue weighted by Crippen LogP contribution is 2.38. The van der Waals surface area contributed by atoms with Crippen molar-refractivity contribution in [3.63, 3.8) is 0 Å². The minimum absolute atomic E-state index is 0.136. The smallest absolute Gasteiger partial charge is 0.191 e. The average Bonchev–Trinajstić information content (AvgIpc) is 3.26. The third kappa shape index (κ3) is 3.67. The molecule has 1 atom stereocenters. The number of aromatic nitrogens is 4. The van der Waals surface area contributed by atoms with E-state index in [1.165, 1.54) is 24.6 Å². The summed E-state index contributed by atoms with van der Waals surface area (Å²) in [6, 6.07) is 2.72. The molecule has 0 aliphatic heterocycles. The Morgan fingerprint density at radius 3 is 2.72 bits per heavy atom. The van der Waals surface area contributed by atoms with Gasteiger partial charge in [-0.25, -0.2) is 0 Å². The van der Waals surface area contributed by atoms with Gasteiger partial charge in [-0.3, -0.25) is 4.79 Å². The van der Waals surface area contributed by atoms with Gasteiger partial charge >= 0.3 is 0 Å². The molecule has 0 radical (unpaired) electrons. The van der Waals surface area contributed by atoms with Gasteiger partial charge in [0.15, 0.2) is 10.9 Å². The van der Waals surface area contributed by atoms with Gasteiger partial charge in [-0.05, 0) is 46.6 Å². The number of Topliss-reactive ketones (excluding diaryl/α,β-unsaturated/α-hetero) is 1. The van der Waals surface area contributed by atoms with E-state index in [1.807, 2.05) is 26.8 Å². The molecule has 136 valence electrons. The molecule has 0 saturated heterocycles. The van der Waals surface area contributed by atoms with Crippen molar-refractivity contribution in [2.24, 2.45) is 0 Å². The Balaban J connectivity index is 1.73. The first-order chi connectivity index (χ1) is 11.9.